The highest BCUT2D eigenvalue weighted by Crippen LogP contribution is 2.38. The summed E-state index contributed by atoms with van der Waals surface area (Å²) in [5.41, 5.74) is 3.74. The highest BCUT2D eigenvalue weighted by molar-refractivity contribution is 6.79. The van der Waals surface area contributed by atoms with Crippen LogP contribution in [0, 0.1) is 0 Å². The first-order valence-corrected chi connectivity index (χ1v) is 8.71. The Kier molecular flexibility index (Phi) is 2.36. The molecule has 0 radical (unpaired) electrons. The predicted molar refractivity (Wildman–Crippen MR) is 66.2 cm³/mol. The zero-order valence-corrected chi connectivity index (χ0v) is 10.2. The molecule has 0 saturated carbocycles. The van der Waals surface area contributed by atoms with Crippen LogP contribution >= 0.6 is 0 Å². The fourth-order valence-corrected chi connectivity index (χ4v) is 4.31. The Balaban J connectivity index is 2.40. The van der Waals surface area contributed by atoms with E-state index >= 15 is 0 Å². The van der Waals surface area contributed by atoms with Gasteiger partial charge in [-0.1, -0.05) is 62.5 Å². The molecule has 0 amide bonds. The standard InChI is InChI=1S/C13H18Si/c1-4-14(2,3)13-10-9-11-7-5-6-8-12(11)13/h5-10,13H,4H2,1-3H3. The molecule has 0 saturated heterocycles. The van der Waals surface area contributed by atoms with Gasteiger partial charge in [-0.05, 0) is 16.7 Å². The van der Waals surface area contributed by atoms with Crippen molar-refractivity contribution in [2.75, 3.05) is 0 Å². The normalized spacial score (nSPS) is 19.8. The van der Waals surface area contributed by atoms with E-state index in [1.165, 1.54) is 11.6 Å². The van der Waals surface area contributed by atoms with Crippen molar-refractivity contribution in [3.05, 3.63) is 41.5 Å². The lowest BCUT2D eigenvalue weighted by molar-refractivity contribution is 1.12. The molecular formula is C13H18Si. The van der Waals surface area contributed by atoms with Crippen LogP contribution in [-0.2, 0) is 0 Å². The topological polar surface area (TPSA) is 0 Å². The molecule has 1 aromatic rings. The maximum Gasteiger partial charge on any atom is 0.0593 e. The van der Waals surface area contributed by atoms with Gasteiger partial charge < -0.3 is 0 Å². The van der Waals surface area contributed by atoms with E-state index in [2.05, 4.69) is 56.4 Å². The number of hydrogen-bond acceptors (Lipinski definition) is 0. The third kappa shape index (κ3) is 1.46. The molecule has 0 aromatic heterocycles. The summed E-state index contributed by atoms with van der Waals surface area (Å²) in [4.78, 5) is 0. The number of hydrogen-bond donors (Lipinski definition) is 0. The summed E-state index contributed by atoms with van der Waals surface area (Å²) < 4.78 is 0. The first-order chi connectivity index (χ1) is 6.65. The Labute approximate surface area is 87.7 Å². The molecular weight excluding hydrogens is 184 g/mol. The van der Waals surface area contributed by atoms with Crippen LogP contribution in [-0.4, -0.2) is 8.07 Å². The average Bonchev–Trinajstić information content (AvgIpc) is 2.61. The van der Waals surface area contributed by atoms with E-state index < -0.39 is 8.07 Å². The molecule has 74 valence electrons. The molecule has 0 nitrogen and oxygen atoms in total. The minimum Gasteiger partial charge on any atom is -0.0791 e. The second-order valence-electron chi connectivity index (χ2n) is 4.81. The van der Waals surface area contributed by atoms with Crippen molar-refractivity contribution < 1.29 is 0 Å². The smallest absolute Gasteiger partial charge is 0.0593 e. The van der Waals surface area contributed by atoms with Crippen molar-refractivity contribution in [2.45, 2.75) is 31.6 Å². The van der Waals surface area contributed by atoms with E-state index in [1.54, 1.807) is 5.56 Å². The lowest BCUT2D eigenvalue weighted by atomic mass is 10.1. The molecule has 1 aliphatic rings. The van der Waals surface area contributed by atoms with E-state index in [-0.39, 0.29) is 0 Å². The first kappa shape index (κ1) is 9.72. The van der Waals surface area contributed by atoms with Gasteiger partial charge in [0.05, 0.1) is 8.07 Å². The van der Waals surface area contributed by atoms with E-state index in [0.717, 1.165) is 5.54 Å². The monoisotopic (exact) mass is 202 g/mol. The Hall–Kier alpha value is -0.823. The zero-order chi connectivity index (χ0) is 10.2. The second-order valence-corrected chi connectivity index (χ2v) is 10.1. The van der Waals surface area contributed by atoms with E-state index in [1.807, 2.05) is 0 Å². The van der Waals surface area contributed by atoms with Crippen LogP contribution in [0.25, 0.3) is 6.08 Å². The molecule has 0 N–H and O–H groups in total. The van der Waals surface area contributed by atoms with Gasteiger partial charge in [0.1, 0.15) is 0 Å². The number of rotatable bonds is 2. The molecule has 2 rings (SSSR count). The summed E-state index contributed by atoms with van der Waals surface area (Å²) in [5, 5.41) is 0. The SMILES string of the molecule is CC[Si](C)(C)C1C=Cc2ccccc21. The van der Waals surface area contributed by atoms with Crippen molar-refractivity contribution in [2.24, 2.45) is 0 Å². The number of allylic oxidation sites excluding steroid dienone is 1. The van der Waals surface area contributed by atoms with Crippen LogP contribution in [0.15, 0.2) is 30.3 Å². The van der Waals surface area contributed by atoms with Crippen molar-refractivity contribution in [1.29, 1.82) is 0 Å². The molecule has 0 spiro atoms. The minimum absolute atomic E-state index is 0.740. The van der Waals surface area contributed by atoms with E-state index in [0.29, 0.717) is 0 Å². The summed E-state index contributed by atoms with van der Waals surface area (Å²) in [7, 11) is -1.08. The highest BCUT2D eigenvalue weighted by atomic mass is 28.3. The fourth-order valence-electron chi connectivity index (χ4n) is 2.15. The second kappa shape index (κ2) is 3.39. The molecule has 0 aliphatic heterocycles. The van der Waals surface area contributed by atoms with Gasteiger partial charge in [0, 0.05) is 0 Å². The minimum atomic E-state index is -1.08. The van der Waals surface area contributed by atoms with Crippen LogP contribution in [0.4, 0.5) is 0 Å². The zero-order valence-electron chi connectivity index (χ0n) is 9.25. The van der Waals surface area contributed by atoms with Gasteiger partial charge in [0.15, 0.2) is 0 Å². The predicted octanol–water partition coefficient (Wildman–Crippen LogP) is 4.06. The number of benzene rings is 1. The van der Waals surface area contributed by atoms with Gasteiger partial charge in [0.25, 0.3) is 0 Å². The molecule has 0 bridgehead atoms. The van der Waals surface area contributed by atoms with Crippen LogP contribution < -0.4 is 0 Å². The van der Waals surface area contributed by atoms with Crippen LogP contribution in [0.2, 0.25) is 19.1 Å². The molecule has 0 heterocycles. The van der Waals surface area contributed by atoms with Gasteiger partial charge in [-0.15, -0.1) is 0 Å². The quantitative estimate of drug-likeness (QED) is 0.634. The molecule has 0 fully saturated rings. The lowest BCUT2D eigenvalue weighted by Crippen LogP contribution is -2.32. The van der Waals surface area contributed by atoms with E-state index in [4.69, 9.17) is 0 Å². The fraction of sp³-hybridized carbons (Fsp3) is 0.385. The van der Waals surface area contributed by atoms with Gasteiger partial charge in [-0.3, -0.25) is 0 Å². The Bertz CT molecular complexity index is 363. The molecule has 1 aromatic carbocycles. The largest absolute Gasteiger partial charge is 0.0791 e. The molecule has 1 aliphatic carbocycles. The summed E-state index contributed by atoms with van der Waals surface area (Å²) in [5.74, 6) is 0. The van der Waals surface area contributed by atoms with E-state index in [9.17, 15) is 0 Å². The maximum atomic E-state index is 2.49. The first-order valence-electron chi connectivity index (χ1n) is 5.42. The summed E-state index contributed by atoms with van der Waals surface area (Å²) in [6.45, 7) is 7.31. The van der Waals surface area contributed by atoms with Gasteiger partial charge in [-0.25, -0.2) is 0 Å². The molecule has 1 heteroatoms. The van der Waals surface area contributed by atoms with Crippen molar-refractivity contribution in [3.63, 3.8) is 0 Å². The van der Waals surface area contributed by atoms with Crippen molar-refractivity contribution in [3.8, 4) is 0 Å². The van der Waals surface area contributed by atoms with Crippen molar-refractivity contribution in [1.82, 2.24) is 0 Å². The Morgan fingerprint density at radius 3 is 2.64 bits per heavy atom. The number of fused-ring (bicyclic) bond motifs is 1. The third-order valence-corrected chi connectivity index (χ3v) is 7.56. The Morgan fingerprint density at radius 1 is 1.21 bits per heavy atom. The van der Waals surface area contributed by atoms with Crippen LogP contribution in [0.3, 0.4) is 0 Å². The molecule has 1 atom stereocenters. The molecule has 14 heavy (non-hydrogen) atoms. The average molecular weight is 202 g/mol. The lowest BCUT2D eigenvalue weighted by Gasteiger charge is -2.28. The molecule has 1 unspecified atom stereocenters. The van der Waals surface area contributed by atoms with Crippen LogP contribution in [0.1, 0.15) is 23.6 Å². The highest BCUT2D eigenvalue weighted by Gasteiger charge is 2.32. The van der Waals surface area contributed by atoms with Gasteiger partial charge in [-0.2, -0.15) is 0 Å². The summed E-state index contributed by atoms with van der Waals surface area (Å²) in [6.07, 6.45) is 4.71. The van der Waals surface area contributed by atoms with Crippen LogP contribution in [0.5, 0.6) is 0 Å². The third-order valence-electron chi connectivity index (χ3n) is 3.55. The van der Waals surface area contributed by atoms with Gasteiger partial charge >= 0.3 is 0 Å². The van der Waals surface area contributed by atoms with Gasteiger partial charge in [0.2, 0.25) is 0 Å². The summed E-state index contributed by atoms with van der Waals surface area (Å²) in [6, 6.07) is 10.2. The summed E-state index contributed by atoms with van der Waals surface area (Å²) >= 11 is 0. The Morgan fingerprint density at radius 2 is 1.93 bits per heavy atom. The van der Waals surface area contributed by atoms with Crippen molar-refractivity contribution >= 4 is 14.1 Å². The maximum absolute atomic E-state index is 2.49.